The molecule has 0 amide bonds. The number of aliphatic hydroxyl groups excluding tert-OH is 1. The molecule has 0 unspecified atom stereocenters. The molecule has 24 heavy (non-hydrogen) atoms. The topological polar surface area (TPSA) is 53.7 Å². The molecule has 1 saturated heterocycles. The SMILES string of the molecule is Cc1ccc(-c2cnc3cncc(N4CCC(O)CC4)n23)cc1C. The van der Waals surface area contributed by atoms with Crippen molar-refractivity contribution in [1.29, 1.82) is 0 Å². The lowest BCUT2D eigenvalue weighted by molar-refractivity contribution is 0.145. The van der Waals surface area contributed by atoms with Crippen LogP contribution in [0.4, 0.5) is 5.82 Å². The Morgan fingerprint density at radius 3 is 2.58 bits per heavy atom. The Morgan fingerprint density at radius 2 is 1.83 bits per heavy atom. The van der Waals surface area contributed by atoms with Gasteiger partial charge in [0.05, 0.1) is 30.4 Å². The number of imidazole rings is 1. The molecular formula is C19H22N4O. The molecule has 0 aliphatic carbocycles. The molecule has 0 atom stereocenters. The van der Waals surface area contributed by atoms with Crippen molar-refractivity contribution in [1.82, 2.24) is 14.4 Å². The lowest BCUT2D eigenvalue weighted by atomic mass is 10.0. The zero-order chi connectivity index (χ0) is 16.7. The van der Waals surface area contributed by atoms with E-state index in [1.807, 2.05) is 12.4 Å². The zero-order valence-corrected chi connectivity index (χ0v) is 14.1. The molecule has 1 aliphatic heterocycles. The number of benzene rings is 1. The number of piperidine rings is 1. The van der Waals surface area contributed by atoms with Crippen molar-refractivity contribution >= 4 is 11.5 Å². The van der Waals surface area contributed by atoms with Crippen LogP contribution in [0.3, 0.4) is 0 Å². The van der Waals surface area contributed by atoms with Crippen LogP contribution in [0.5, 0.6) is 0 Å². The largest absolute Gasteiger partial charge is 0.393 e. The van der Waals surface area contributed by atoms with Gasteiger partial charge in [-0.05, 0) is 43.9 Å². The zero-order valence-electron chi connectivity index (χ0n) is 14.1. The van der Waals surface area contributed by atoms with Crippen LogP contribution >= 0.6 is 0 Å². The summed E-state index contributed by atoms with van der Waals surface area (Å²) in [5.41, 5.74) is 5.66. The predicted octanol–water partition coefficient (Wildman–Crippen LogP) is 2.97. The second kappa shape index (κ2) is 5.91. The van der Waals surface area contributed by atoms with Gasteiger partial charge in [0, 0.05) is 18.7 Å². The van der Waals surface area contributed by atoms with Crippen molar-refractivity contribution in [3.63, 3.8) is 0 Å². The van der Waals surface area contributed by atoms with Crippen LogP contribution in [0.15, 0.2) is 36.8 Å². The first-order chi connectivity index (χ1) is 11.6. The third-order valence-corrected chi connectivity index (χ3v) is 4.99. The normalized spacial score (nSPS) is 16.0. The molecule has 5 nitrogen and oxygen atoms in total. The maximum atomic E-state index is 9.77. The number of nitrogens with zero attached hydrogens (tertiary/aromatic N) is 4. The van der Waals surface area contributed by atoms with E-state index in [9.17, 15) is 5.11 Å². The van der Waals surface area contributed by atoms with Gasteiger partial charge in [0.2, 0.25) is 0 Å². The fraction of sp³-hybridized carbons (Fsp3) is 0.368. The molecule has 4 rings (SSSR count). The Bertz CT molecular complexity index is 878. The standard InChI is InChI=1S/C19H22N4O/c1-13-3-4-15(9-14(13)2)17-10-21-18-11-20-12-19(23(17)18)22-7-5-16(24)6-8-22/h3-4,9-12,16,24H,5-8H2,1-2H3. The van der Waals surface area contributed by atoms with Gasteiger partial charge in [0.1, 0.15) is 5.82 Å². The van der Waals surface area contributed by atoms with Crippen LogP contribution in [0, 0.1) is 13.8 Å². The van der Waals surface area contributed by atoms with Crippen LogP contribution in [0.1, 0.15) is 24.0 Å². The minimum atomic E-state index is -0.185. The van der Waals surface area contributed by atoms with Crippen molar-refractivity contribution in [3.05, 3.63) is 47.9 Å². The summed E-state index contributed by atoms with van der Waals surface area (Å²) in [5.74, 6) is 1.05. The number of aliphatic hydroxyl groups is 1. The second-order valence-corrected chi connectivity index (χ2v) is 6.62. The average Bonchev–Trinajstić information content (AvgIpc) is 3.02. The Labute approximate surface area is 141 Å². The first kappa shape index (κ1) is 15.1. The Morgan fingerprint density at radius 1 is 1.04 bits per heavy atom. The number of aryl methyl sites for hydroxylation is 2. The van der Waals surface area contributed by atoms with E-state index in [0.717, 1.165) is 48.7 Å². The van der Waals surface area contributed by atoms with Crippen LogP contribution in [-0.4, -0.2) is 38.7 Å². The molecule has 5 heteroatoms. The number of hydrogen-bond donors (Lipinski definition) is 1. The summed E-state index contributed by atoms with van der Waals surface area (Å²) >= 11 is 0. The molecule has 0 bridgehead atoms. The lowest BCUT2D eigenvalue weighted by Gasteiger charge is -2.31. The molecule has 1 aliphatic rings. The maximum Gasteiger partial charge on any atom is 0.157 e. The summed E-state index contributed by atoms with van der Waals surface area (Å²) in [4.78, 5) is 11.2. The van der Waals surface area contributed by atoms with Gasteiger partial charge < -0.3 is 10.0 Å². The Hall–Kier alpha value is -2.40. The summed E-state index contributed by atoms with van der Waals surface area (Å²) in [6.45, 7) is 5.94. The van der Waals surface area contributed by atoms with E-state index < -0.39 is 0 Å². The van der Waals surface area contributed by atoms with Gasteiger partial charge in [-0.15, -0.1) is 0 Å². The monoisotopic (exact) mass is 322 g/mol. The van der Waals surface area contributed by atoms with Crippen LogP contribution in [0.25, 0.3) is 16.9 Å². The van der Waals surface area contributed by atoms with Gasteiger partial charge in [-0.2, -0.15) is 0 Å². The van der Waals surface area contributed by atoms with Gasteiger partial charge >= 0.3 is 0 Å². The van der Waals surface area contributed by atoms with Gasteiger partial charge in [-0.3, -0.25) is 9.38 Å². The van der Waals surface area contributed by atoms with E-state index in [2.05, 4.69) is 51.3 Å². The molecule has 3 aromatic rings. The fourth-order valence-electron chi connectivity index (χ4n) is 3.35. The molecule has 1 N–H and O–H groups in total. The summed E-state index contributed by atoms with van der Waals surface area (Å²) < 4.78 is 2.18. The molecule has 2 aromatic heterocycles. The molecule has 0 saturated carbocycles. The first-order valence-corrected chi connectivity index (χ1v) is 8.45. The first-order valence-electron chi connectivity index (χ1n) is 8.45. The van der Waals surface area contributed by atoms with E-state index in [4.69, 9.17) is 0 Å². The van der Waals surface area contributed by atoms with Crippen molar-refractivity contribution < 1.29 is 5.11 Å². The van der Waals surface area contributed by atoms with Crippen molar-refractivity contribution in [2.75, 3.05) is 18.0 Å². The van der Waals surface area contributed by atoms with Gasteiger partial charge in [-0.1, -0.05) is 12.1 Å². The third-order valence-electron chi connectivity index (χ3n) is 4.99. The fourth-order valence-corrected chi connectivity index (χ4v) is 3.35. The molecule has 124 valence electrons. The molecule has 1 aromatic carbocycles. The van der Waals surface area contributed by atoms with E-state index in [1.54, 1.807) is 6.20 Å². The highest BCUT2D eigenvalue weighted by atomic mass is 16.3. The average molecular weight is 322 g/mol. The third kappa shape index (κ3) is 2.55. The molecular weight excluding hydrogens is 300 g/mol. The summed E-state index contributed by atoms with van der Waals surface area (Å²) in [6.07, 6.45) is 7.02. The minimum Gasteiger partial charge on any atom is -0.393 e. The van der Waals surface area contributed by atoms with Gasteiger partial charge in [0.25, 0.3) is 0 Å². The predicted molar refractivity (Wildman–Crippen MR) is 95.4 cm³/mol. The van der Waals surface area contributed by atoms with Crippen LogP contribution in [-0.2, 0) is 0 Å². The Balaban J connectivity index is 1.84. The number of fused-ring (bicyclic) bond motifs is 1. The molecule has 0 spiro atoms. The van der Waals surface area contributed by atoms with Crippen molar-refractivity contribution in [2.24, 2.45) is 0 Å². The van der Waals surface area contributed by atoms with Crippen LogP contribution < -0.4 is 4.90 Å². The number of anilines is 1. The quantitative estimate of drug-likeness (QED) is 0.788. The molecule has 1 fully saturated rings. The minimum absolute atomic E-state index is 0.185. The highest BCUT2D eigenvalue weighted by Gasteiger charge is 2.21. The van der Waals surface area contributed by atoms with Gasteiger partial charge in [-0.25, -0.2) is 4.98 Å². The van der Waals surface area contributed by atoms with E-state index in [0.29, 0.717) is 0 Å². The van der Waals surface area contributed by atoms with E-state index >= 15 is 0 Å². The van der Waals surface area contributed by atoms with E-state index in [1.165, 1.54) is 11.1 Å². The van der Waals surface area contributed by atoms with Crippen molar-refractivity contribution in [3.8, 4) is 11.3 Å². The molecule has 0 radical (unpaired) electrons. The van der Waals surface area contributed by atoms with Crippen molar-refractivity contribution in [2.45, 2.75) is 32.8 Å². The highest BCUT2D eigenvalue weighted by molar-refractivity contribution is 5.68. The summed E-state index contributed by atoms with van der Waals surface area (Å²) in [5, 5.41) is 9.77. The summed E-state index contributed by atoms with van der Waals surface area (Å²) in [6, 6.07) is 6.51. The van der Waals surface area contributed by atoms with Gasteiger partial charge in [0.15, 0.2) is 5.65 Å². The number of rotatable bonds is 2. The Kier molecular flexibility index (Phi) is 3.73. The lowest BCUT2D eigenvalue weighted by Crippen LogP contribution is -2.36. The number of hydrogen-bond acceptors (Lipinski definition) is 4. The molecule has 3 heterocycles. The summed E-state index contributed by atoms with van der Waals surface area (Å²) in [7, 11) is 0. The van der Waals surface area contributed by atoms with E-state index in [-0.39, 0.29) is 6.10 Å². The second-order valence-electron chi connectivity index (χ2n) is 6.62. The highest BCUT2D eigenvalue weighted by Crippen LogP contribution is 2.28. The number of aromatic nitrogens is 3. The smallest absolute Gasteiger partial charge is 0.157 e. The van der Waals surface area contributed by atoms with Crippen LogP contribution in [0.2, 0.25) is 0 Å². The maximum absolute atomic E-state index is 9.77.